The highest BCUT2D eigenvalue weighted by Crippen LogP contribution is 2.40. The smallest absolute Gasteiger partial charge is 0.343 e. The molecule has 2 atom stereocenters. The fourth-order valence-corrected chi connectivity index (χ4v) is 3.96. The molecule has 1 saturated carbocycles. The van der Waals surface area contributed by atoms with E-state index in [4.69, 9.17) is 4.74 Å². The van der Waals surface area contributed by atoms with E-state index < -0.39 is 11.6 Å². The number of likely N-dealkylation sites (tertiary alicyclic amines) is 1. The molecule has 4 nitrogen and oxygen atoms in total. The van der Waals surface area contributed by atoms with Crippen LogP contribution in [0.15, 0.2) is 30.3 Å². The van der Waals surface area contributed by atoms with Gasteiger partial charge in [-0.25, -0.2) is 4.79 Å². The zero-order chi connectivity index (χ0) is 16.3. The van der Waals surface area contributed by atoms with E-state index in [1.165, 1.54) is 6.42 Å². The first-order valence-electron chi connectivity index (χ1n) is 8.78. The van der Waals surface area contributed by atoms with E-state index in [0.29, 0.717) is 5.56 Å². The number of ether oxygens (including phenoxy) is 1. The Morgan fingerprint density at radius 2 is 1.87 bits per heavy atom. The van der Waals surface area contributed by atoms with Gasteiger partial charge in [0.05, 0.1) is 0 Å². The molecule has 3 rings (SSSR count). The van der Waals surface area contributed by atoms with Crippen LogP contribution in [0.25, 0.3) is 0 Å². The Kier molecular flexibility index (Phi) is 5.02. The zero-order valence-electron chi connectivity index (χ0n) is 13.9. The van der Waals surface area contributed by atoms with Gasteiger partial charge in [0.1, 0.15) is 6.10 Å². The topological polar surface area (TPSA) is 49.8 Å². The van der Waals surface area contributed by atoms with Crippen LogP contribution in [0, 0.1) is 5.92 Å². The minimum Gasteiger partial charge on any atom is -0.459 e. The predicted molar refractivity (Wildman–Crippen MR) is 88.9 cm³/mol. The number of likely N-dealkylation sites (N-methyl/N-ethyl adjacent to an activating group) is 1. The summed E-state index contributed by atoms with van der Waals surface area (Å²) in [6.07, 6.45) is 5.82. The lowest BCUT2D eigenvalue weighted by Crippen LogP contribution is -2.46. The number of esters is 1. The van der Waals surface area contributed by atoms with Crippen molar-refractivity contribution in [3.8, 4) is 0 Å². The molecule has 0 unspecified atom stereocenters. The molecule has 126 valence electrons. The monoisotopic (exact) mass is 317 g/mol. The lowest BCUT2D eigenvalue weighted by atomic mass is 9.73. The Morgan fingerprint density at radius 3 is 2.48 bits per heavy atom. The molecule has 0 bridgehead atoms. The number of aliphatic hydroxyl groups is 1. The minimum absolute atomic E-state index is 0.0507. The van der Waals surface area contributed by atoms with E-state index in [2.05, 4.69) is 4.90 Å². The third kappa shape index (κ3) is 3.43. The summed E-state index contributed by atoms with van der Waals surface area (Å²) in [4.78, 5) is 15.1. The molecule has 4 heteroatoms. The summed E-state index contributed by atoms with van der Waals surface area (Å²) >= 11 is 0. The van der Waals surface area contributed by atoms with E-state index in [1.54, 1.807) is 0 Å². The van der Waals surface area contributed by atoms with Crippen LogP contribution in [0.5, 0.6) is 0 Å². The second kappa shape index (κ2) is 7.02. The van der Waals surface area contributed by atoms with Crippen LogP contribution in [0.4, 0.5) is 0 Å². The molecular formula is C19H27NO3. The molecule has 2 fully saturated rings. The number of carbonyl (C=O) groups excluding carboxylic acids is 1. The normalized spacial score (nSPS) is 25.9. The van der Waals surface area contributed by atoms with Crippen molar-refractivity contribution in [3.63, 3.8) is 0 Å². The van der Waals surface area contributed by atoms with Crippen molar-refractivity contribution in [2.75, 3.05) is 20.1 Å². The maximum absolute atomic E-state index is 12.9. The molecule has 23 heavy (non-hydrogen) atoms. The molecular weight excluding hydrogens is 290 g/mol. The molecule has 1 heterocycles. The first-order chi connectivity index (χ1) is 11.1. The van der Waals surface area contributed by atoms with Gasteiger partial charge in [-0.05, 0) is 31.9 Å². The zero-order valence-corrected chi connectivity index (χ0v) is 13.9. The first-order valence-corrected chi connectivity index (χ1v) is 8.78. The predicted octanol–water partition coefficient (Wildman–Crippen LogP) is 2.70. The van der Waals surface area contributed by atoms with Crippen LogP contribution in [0.2, 0.25) is 0 Å². The molecule has 1 aliphatic carbocycles. The molecule has 0 amide bonds. The lowest BCUT2D eigenvalue weighted by Gasteiger charge is -2.37. The summed E-state index contributed by atoms with van der Waals surface area (Å²) < 4.78 is 5.72. The van der Waals surface area contributed by atoms with E-state index >= 15 is 0 Å². The second-order valence-corrected chi connectivity index (χ2v) is 7.05. The molecule has 0 aromatic heterocycles. The Hall–Kier alpha value is -1.39. The summed E-state index contributed by atoms with van der Waals surface area (Å²) in [5.74, 6) is -0.513. The van der Waals surface area contributed by atoms with Gasteiger partial charge in [-0.1, -0.05) is 49.6 Å². The van der Waals surface area contributed by atoms with Crippen LogP contribution in [0.1, 0.15) is 44.1 Å². The van der Waals surface area contributed by atoms with Crippen molar-refractivity contribution >= 4 is 5.97 Å². The third-order valence-electron chi connectivity index (χ3n) is 5.34. The van der Waals surface area contributed by atoms with Crippen molar-refractivity contribution in [1.82, 2.24) is 4.90 Å². The summed E-state index contributed by atoms with van der Waals surface area (Å²) in [6.45, 7) is 1.69. The standard InChI is InChI=1S/C19H27NO3/c1-20-13-12-17(14-20)23-18(21)19(22,15-8-4-2-5-9-15)16-10-6-3-7-11-16/h2,4-5,8-9,16-17,22H,3,6-7,10-14H2,1H3/t17-,19+/m0/s1. The number of rotatable bonds is 4. The van der Waals surface area contributed by atoms with E-state index in [9.17, 15) is 9.90 Å². The Bertz CT molecular complexity index is 527. The fraction of sp³-hybridized carbons (Fsp3) is 0.632. The van der Waals surface area contributed by atoms with Gasteiger partial charge in [0.25, 0.3) is 0 Å². The summed E-state index contributed by atoms with van der Waals surface area (Å²) in [6, 6.07) is 9.34. The third-order valence-corrected chi connectivity index (χ3v) is 5.34. The molecule has 0 radical (unpaired) electrons. The van der Waals surface area contributed by atoms with Crippen LogP contribution < -0.4 is 0 Å². The SMILES string of the molecule is CN1CC[C@H](OC(=O)[C@@](O)(c2ccccc2)C2CCCCC2)C1. The van der Waals surface area contributed by atoms with Crippen molar-refractivity contribution in [3.05, 3.63) is 35.9 Å². The van der Waals surface area contributed by atoms with Gasteiger partial charge in [-0.2, -0.15) is 0 Å². The van der Waals surface area contributed by atoms with E-state index in [-0.39, 0.29) is 12.0 Å². The molecule has 1 saturated heterocycles. The van der Waals surface area contributed by atoms with E-state index in [1.807, 2.05) is 37.4 Å². The van der Waals surface area contributed by atoms with Gasteiger partial charge in [-0.15, -0.1) is 0 Å². The van der Waals surface area contributed by atoms with Crippen molar-refractivity contribution in [2.24, 2.45) is 5.92 Å². The minimum atomic E-state index is -1.51. The van der Waals surface area contributed by atoms with Gasteiger partial charge in [0.15, 0.2) is 5.60 Å². The van der Waals surface area contributed by atoms with Crippen molar-refractivity contribution in [2.45, 2.75) is 50.2 Å². The van der Waals surface area contributed by atoms with Crippen LogP contribution in [-0.4, -0.2) is 42.2 Å². The first kappa shape index (κ1) is 16.5. The maximum Gasteiger partial charge on any atom is 0.343 e. The van der Waals surface area contributed by atoms with Crippen LogP contribution >= 0.6 is 0 Å². The molecule has 1 N–H and O–H groups in total. The van der Waals surface area contributed by atoms with Gasteiger partial charge >= 0.3 is 5.97 Å². The lowest BCUT2D eigenvalue weighted by molar-refractivity contribution is -0.180. The number of hydrogen-bond donors (Lipinski definition) is 1. The molecule has 1 aromatic rings. The average Bonchev–Trinajstić information content (AvgIpc) is 3.00. The quantitative estimate of drug-likeness (QED) is 0.868. The van der Waals surface area contributed by atoms with E-state index in [0.717, 1.165) is 45.2 Å². The van der Waals surface area contributed by atoms with Gasteiger partial charge < -0.3 is 14.7 Å². The summed E-state index contributed by atoms with van der Waals surface area (Å²) in [7, 11) is 2.03. The van der Waals surface area contributed by atoms with Crippen molar-refractivity contribution in [1.29, 1.82) is 0 Å². The largest absolute Gasteiger partial charge is 0.459 e. The molecule has 1 aliphatic heterocycles. The van der Waals surface area contributed by atoms with Crippen LogP contribution in [0.3, 0.4) is 0 Å². The number of hydrogen-bond acceptors (Lipinski definition) is 4. The summed E-state index contributed by atoms with van der Waals surface area (Å²) in [5, 5.41) is 11.4. The van der Waals surface area contributed by atoms with Crippen LogP contribution in [-0.2, 0) is 15.1 Å². The highest BCUT2D eigenvalue weighted by Gasteiger charge is 2.48. The van der Waals surface area contributed by atoms with Crippen molar-refractivity contribution < 1.29 is 14.6 Å². The Labute approximate surface area is 138 Å². The molecule has 2 aliphatic rings. The Balaban J connectivity index is 1.83. The highest BCUT2D eigenvalue weighted by molar-refractivity contribution is 5.81. The fourth-order valence-electron chi connectivity index (χ4n) is 3.96. The average molecular weight is 317 g/mol. The second-order valence-electron chi connectivity index (χ2n) is 7.05. The van der Waals surface area contributed by atoms with Gasteiger partial charge in [-0.3, -0.25) is 0 Å². The Morgan fingerprint density at radius 1 is 1.17 bits per heavy atom. The van der Waals surface area contributed by atoms with Gasteiger partial charge in [0.2, 0.25) is 0 Å². The number of benzene rings is 1. The number of carbonyl (C=O) groups is 1. The van der Waals surface area contributed by atoms with Gasteiger partial charge in [0, 0.05) is 19.0 Å². The molecule has 0 spiro atoms. The molecule has 1 aromatic carbocycles. The highest BCUT2D eigenvalue weighted by atomic mass is 16.6. The summed E-state index contributed by atoms with van der Waals surface area (Å²) in [5.41, 5.74) is -0.841. The number of nitrogens with zero attached hydrogens (tertiary/aromatic N) is 1. The maximum atomic E-state index is 12.9.